The van der Waals surface area contributed by atoms with Crippen LogP contribution in [0.25, 0.3) is 0 Å². The maximum Gasteiger partial charge on any atom is 0.259 e. The summed E-state index contributed by atoms with van der Waals surface area (Å²) in [4.78, 5) is 0. The number of fused-ring (bicyclic) bond motifs is 1. The van der Waals surface area contributed by atoms with Gasteiger partial charge in [-0.2, -0.15) is 0 Å². The minimum atomic E-state index is -0.812. The summed E-state index contributed by atoms with van der Waals surface area (Å²) in [6.07, 6.45) is -2.28. The van der Waals surface area contributed by atoms with E-state index in [0.29, 0.717) is 0 Å². The molecule has 2 aliphatic rings. The molecule has 4 atom stereocenters. The first-order valence-corrected chi connectivity index (χ1v) is 4.04. The molecule has 2 rings (SSSR count). The van der Waals surface area contributed by atoms with Gasteiger partial charge < -0.3 is 25.0 Å². The van der Waals surface area contributed by atoms with E-state index in [0.717, 1.165) is 0 Å². The second-order valence-corrected chi connectivity index (χ2v) is 3.15. The van der Waals surface area contributed by atoms with Gasteiger partial charge >= 0.3 is 0 Å². The minimum Gasteiger partial charge on any atom is -0.460 e. The molecular weight excluding hydrogens is 182 g/mol. The number of aliphatic hydroxyl groups excluding tert-OH is 2. The third-order valence-electron chi connectivity index (χ3n) is 2.02. The summed E-state index contributed by atoms with van der Waals surface area (Å²) >= 11 is 4.71. The minimum absolute atomic E-state index is 0.216. The van der Waals surface area contributed by atoms with Crippen LogP contribution in [0.3, 0.4) is 0 Å². The molecule has 5 nitrogen and oxygen atoms in total. The Bertz CT molecular complexity index is 212. The zero-order valence-corrected chi connectivity index (χ0v) is 6.95. The first-order chi connectivity index (χ1) is 5.72. The van der Waals surface area contributed by atoms with Crippen LogP contribution in [-0.2, 0) is 9.47 Å². The fourth-order valence-corrected chi connectivity index (χ4v) is 1.64. The average Bonchev–Trinajstić information content (AvgIpc) is 2.51. The highest BCUT2D eigenvalue weighted by Crippen LogP contribution is 2.26. The molecule has 0 aliphatic carbocycles. The first-order valence-electron chi connectivity index (χ1n) is 3.64. The van der Waals surface area contributed by atoms with Crippen molar-refractivity contribution >= 4 is 17.4 Å². The smallest absolute Gasteiger partial charge is 0.259 e. The average molecular weight is 191 g/mol. The van der Waals surface area contributed by atoms with Gasteiger partial charge in [-0.3, -0.25) is 0 Å². The van der Waals surface area contributed by atoms with E-state index in [2.05, 4.69) is 5.32 Å². The Morgan fingerprint density at radius 1 is 1.58 bits per heavy atom. The van der Waals surface area contributed by atoms with Gasteiger partial charge in [-0.05, 0) is 12.2 Å². The lowest BCUT2D eigenvalue weighted by Gasteiger charge is -2.13. The van der Waals surface area contributed by atoms with Crippen LogP contribution in [0.4, 0.5) is 0 Å². The summed E-state index contributed by atoms with van der Waals surface area (Å²) in [5, 5.41) is 21.2. The maximum absolute atomic E-state index is 9.47. The third-order valence-corrected chi connectivity index (χ3v) is 2.23. The monoisotopic (exact) mass is 191 g/mol. The summed E-state index contributed by atoms with van der Waals surface area (Å²) in [5.41, 5.74) is 0. The van der Waals surface area contributed by atoms with E-state index >= 15 is 0 Å². The molecule has 12 heavy (non-hydrogen) atoms. The van der Waals surface area contributed by atoms with Crippen LogP contribution in [0.15, 0.2) is 0 Å². The summed E-state index contributed by atoms with van der Waals surface area (Å²) in [6, 6.07) is 0. The maximum atomic E-state index is 9.47. The molecule has 68 valence electrons. The van der Waals surface area contributed by atoms with Gasteiger partial charge in [0, 0.05) is 0 Å². The van der Waals surface area contributed by atoms with Gasteiger partial charge in [0.25, 0.3) is 5.17 Å². The molecule has 3 N–H and O–H groups in total. The van der Waals surface area contributed by atoms with Gasteiger partial charge in [0.05, 0.1) is 6.61 Å². The lowest BCUT2D eigenvalue weighted by atomic mass is 10.1. The van der Waals surface area contributed by atoms with Gasteiger partial charge in [0.15, 0.2) is 12.3 Å². The van der Waals surface area contributed by atoms with Crippen molar-refractivity contribution in [1.29, 1.82) is 0 Å². The molecule has 2 fully saturated rings. The SMILES string of the molecule is OC[C@H]1O[C@@H]2NC(=S)O[C@@H]2[C@@H]1O. The van der Waals surface area contributed by atoms with E-state index in [1.807, 2.05) is 0 Å². The number of aliphatic hydroxyl groups is 2. The standard InChI is InChI=1S/C6H9NO4S/c8-1-2-3(9)4-5(10-2)7-6(12)11-4/h2-5,8-9H,1H2,(H,7,12)/t2-,3-,4-,5+/m1/s1. The molecule has 2 heterocycles. The topological polar surface area (TPSA) is 71.0 Å². The van der Waals surface area contributed by atoms with E-state index in [1.165, 1.54) is 0 Å². The number of hydrogen-bond acceptors (Lipinski definition) is 5. The zero-order valence-electron chi connectivity index (χ0n) is 6.14. The van der Waals surface area contributed by atoms with E-state index in [9.17, 15) is 5.11 Å². The number of thiocarbonyl (C=S) groups is 1. The van der Waals surface area contributed by atoms with Crippen molar-refractivity contribution in [2.75, 3.05) is 6.61 Å². The highest BCUT2D eigenvalue weighted by Gasteiger charge is 2.49. The van der Waals surface area contributed by atoms with Crippen LogP contribution in [0.2, 0.25) is 0 Å². The molecule has 0 aromatic carbocycles. The third kappa shape index (κ3) is 1.08. The Balaban J connectivity index is 2.08. The molecule has 0 spiro atoms. The molecule has 0 unspecified atom stereocenters. The molecule has 0 amide bonds. The van der Waals surface area contributed by atoms with Crippen molar-refractivity contribution in [3.8, 4) is 0 Å². The van der Waals surface area contributed by atoms with Crippen LogP contribution < -0.4 is 5.32 Å². The molecule has 2 saturated heterocycles. The van der Waals surface area contributed by atoms with Gasteiger partial charge in [0.2, 0.25) is 0 Å². The van der Waals surface area contributed by atoms with Crippen LogP contribution in [0.5, 0.6) is 0 Å². The van der Waals surface area contributed by atoms with Crippen LogP contribution in [-0.4, -0.2) is 46.5 Å². The molecule has 0 bridgehead atoms. The second-order valence-electron chi connectivity index (χ2n) is 2.78. The Labute approximate surface area is 74.3 Å². The molecule has 0 saturated carbocycles. The summed E-state index contributed by atoms with van der Waals surface area (Å²) < 4.78 is 10.3. The van der Waals surface area contributed by atoms with Crippen LogP contribution in [0.1, 0.15) is 0 Å². The van der Waals surface area contributed by atoms with E-state index in [4.69, 9.17) is 26.8 Å². The van der Waals surface area contributed by atoms with E-state index in [-0.39, 0.29) is 11.8 Å². The number of rotatable bonds is 1. The Morgan fingerprint density at radius 3 is 2.92 bits per heavy atom. The lowest BCUT2D eigenvalue weighted by molar-refractivity contribution is -0.0263. The molecule has 6 heteroatoms. The molecule has 0 aromatic heterocycles. The van der Waals surface area contributed by atoms with Crippen molar-refractivity contribution < 1.29 is 19.7 Å². The van der Waals surface area contributed by atoms with Crippen molar-refractivity contribution in [3.05, 3.63) is 0 Å². The Kier molecular flexibility index (Phi) is 1.91. The van der Waals surface area contributed by atoms with Crippen molar-refractivity contribution in [2.24, 2.45) is 0 Å². The highest BCUT2D eigenvalue weighted by atomic mass is 32.1. The summed E-state index contributed by atoms with van der Waals surface area (Å²) in [6.45, 7) is -0.216. The Morgan fingerprint density at radius 2 is 2.33 bits per heavy atom. The van der Waals surface area contributed by atoms with Gasteiger partial charge in [-0.25, -0.2) is 0 Å². The Hall–Kier alpha value is -0.430. The van der Waals surface area contributed by atoms with Crippen molar-refractivity contribution in [1.82, 2.24) is 5.32 Å². The van der Waals surface area contributed by atoms with Crippen LogP contribution >= 0.6 is 12.2 Å². The fraction of sp³-hybridized carbons (Fsp3) is 0.833. The van der Waals surface area contributed by atoms with Gasteiger partial charge in [0.1, 0.15) is 12.2 Å². The zero-order chi connectivity index (χ0) is 8.72. The summed E-state index contributed by atoms with van der Waals surface area (Å²) in [5.74, 6) is 0. The fourth-order valence-electron chi connectivity index (χ4n) is 1.41. The molecular formula is C6H9NO4S. The van der Waals surface area contributed by atoms with Crippen molar-refractivity contribution in [2.45, 2.75) is 24.5 Å². The predicted octanol–water partition coefficient (Wildman–Crippen LogP) is -1.66. The molecule has 2 aliphatic heterocycles. The van der Waals surface area contributed by atoms with Crippen molar-refractivity contribution in [3.63, 3.8) is 0 Å². The molecule has 0 radical (unpaired) electrons. The highest BCUT2D eigenvalue weighted by molar-refractivity contribution is 7.80. The first kappa shape index (κ1) is 8.18. The predicted molar refractivity (Wildman–Crippen MR) is 42.4 cm³/mol. The number of nitrogens with one attached hydrogen (secondary N) is 1. The van der Waals surface area contributed by atoms with Gasteiger partial charge in [-0.15, -0.1) is 0 Å². The normalized spacial score (nSPS) is 45.3. The van der Waals surface area contributed by atoms with E-state index in [1.54, 1.807) is 0 Å². The lowest BCUT2D eigenvalue weighted by Crippen LogP contribution is -2.33. The quantitative estimate of drug-likeness (QED) is 0.431. The summed E-state index contributed by atoms with van der Waals surface area (Å²) in [7, 11) is 0. The molecule has 0 aromatic rings. The number of ether oxygens (including phenoxy) is 2. The number of hydrogen-bond donors (Lipinski definition) is 3. The van der Waals surface area contributed by atoms with Gasteiger partial charge in [-0.1, -0.05) is 0 Å². The van der Waals surface area contributed by atoms with E-state index < -0.39 is 24.5 Å². The second kappa shape index (κ2) is 2.81. The largest absolute Gasteiger partial charge is 0.460 e. The van der Waals surface area contributed by atoms with Crippen LogP contribution in [0, 0.1) is 0 Å².